The van der Waals surface area contributed by atoms with Crippen LogP contribution >= 0.6 is 24.0 Å². The predicted molar refractivity (Wildman–Crippen MR) is 94.0 cm³/mol. The van der Waals surface area contributed by atoms with Crippen molar-refractivity contribution in [1.82, 2.24) is 15.1 Å². The first kappa shape index (κ1) is 18.5. The predicted octanol–water partition coefficient (Wildman–Crippen LogP) is 0.649. The Morgan fingerprint density at radius 3 is 2.52 bits per heavy atom. The molecule has 0 radical (unpaired) electrons. The highest BCUT2D eigenvalue weighted by molar-refractivity contribution is 14.0. The molecule has 0 aromatic rings. The molecule has 6 nitrogen and oxygen atoms in total. The normalized spacial score (nSPS) is 23.0. The number of rotatable bonds is 3. The van der Waals surface area contributed by atoms with Gasteiger partial charge in [-0.3, -0.25) is 4.79 Å². The van der Waals surface area contributed by atoms with Crippen molar-refractivity contribution < 1.29 is 9.90 Å². The van der Waals surface area contributed by atoms with Crippen molar-refractivity contribution in [3.8, 4) is 0 Å². The number of hydrogen-bond acceptors (Lipinski definition) is 3. The number of aliphatic imine (C=N–C) groups is 1. The maximum absolute atomic E-state index is 12.1. The fourth-order valence-electron chi connectivity index (χ4n) is 2.75. The Balaban J connectivity index is 0.00000220. The lowest BCUT2D eigenvalue weighted by molar-refractivity contribution is -0.130. The van der Waals surface area contributed by atoms with Gasteiger partial charge in [-0.05, 0) is 32.6 Å². The number of aliphatic hydroxyl groups is 1. The van der Waals surface area contributed by atoms with Crippen LogP contribution in [-0.2, 0) is 4.79 Å². The maximum Gasteiger partial charge on any atom is 0.244 e. The van der Waals surface area contributed by atoms with Gasteiger partial charge in [-0.1, -0.05) is 0 Å². The molecule has 0 aromatic heterocycles. The summed E-state index contributed by atoms with van der Waals surface area (Å²) in [6, 6.07) is 0. The minimum Gasteiger partial charge on any atom is -0.391 e. The zero-order valence-electron chi connectivity index (χ0n) is 12.8. The first-order chi connectivity index (χ1) is 9.70. The standard InChI is InChI=1S/C14H26N4O2.HI/c1-2-15-14(18-9-6-12(19)11-18)16-10-13(20)17-7-4-3-5-8-17;/h12,19H,2-11H2,1H3,(H,15,16);1H/t12-;/m1./s1. The van der Waals surface area contributed by atoms with Crippen LogP contribution in [0, 0.1) is 0 Å². The Morgan fingerprint density at radius 1 is 1.24 bits per heavy atom. The molecule has 0 bridgehead atoms. The van der Waals surface area contributed by atoms with Gasteiger partial charge in [0.15, 0.2) is 5.96 Å². The molecule has 122 valence electrons. The van der Waals surface area contributed by atoms with Gasteiger partial charge in [0.1, 0.15) is 6.54 Å². The van der Waals surface area contributed by atoms with Crippen molar-refractivity contribution in [3.05, 3.63) is 0 Å². The lowest BCUT2D eigenvalue weighted by Gasteiger charge is -2.26. The van der Waals surface area contributed by atoms with Crippen molar-refractivity contribution in [2.45, 2.75) is 38.7 Å². The Labute approximate surface area is 144 Å². The lowest BCUT2D eigenvalue weighted by Crippen LogP contribution is -2.42. The highest BCUT2D eigenvalue weighted by Gasteiger charge is 2.23. The number of piperidine rings is 1. The fraction of sp³-hybridized carbons (Fsp3) is 0.857. The topological polar surface area (TPSA) is 68.2 Å². The van der Waals surface area contributed by atoms with Crippen molar-refractivity contribution in [2.24, 2.45) is 4.99 Å². The third-order valence-electron chi connectivity index (χ3n) is 3.87. The summed E-state index contributed by atoms with van der Waals surface area (Å²) in [5.74, 6) is 0.856. The number of carbonyl (C=O) groups is 1. The molecule has 0 saturated carbocycles. The number of likely N-dealkylation sites (tertiary alicyclic amines) is 2. The molecule has 2 aliphatic heterocycles. The number of nitrogens with one attached hydrogen (secondary N) is 1. The molecular weight excluding hydrogens is 383 g/mol. The third-order valence-corrected chi connectivity index (χ3v) is 3.87. The van der Waals surface area contributed by atoms with E-state index >= 15 is 0 Å². The number of carbonyl (C=O) groups excluding carboxylic acids is 1. The third kappa shape index (κ3) is 5.61. The monoisotopic (exact) mass is 410 g/mol. The molecule has 0 unspecified atom stereocenters. The molecule has 7 heteroatoms. The summed E-state index contributed by atoms with van der Waals surface area (Å²) in [6.45, 7) is 6.11. The summed E-state index contributed by atoms with van der Waals surface area (Å²) < 4.78 is 0. The van der Waals surface area contributed by atoms with Crippen LogP contribution in [0.4, 0.5) is 0 Å². The number of halogens is 1. The van der Waals surface area contributed by atoms with Crippen molar-refractivity contribution >= 4 is 35.8 Å². The Morgan fingerprint density at radius 2 is 1.95 bits per heavy atom. The molecule has 2 saturated heterocycles. The zero-order valence-corrected chi connectivity index (χ0v) is 15.1. The van der Waals surface area contributed by atoms with E-state index < -0.39 is 0 Å². The molecule has 2 N–H and O–H groups in total. The van der Waals surface area contributed by atoms with E-state index in [1.54, 1.807) is 0 Å². The smallest absolute Gasteiger partial charge is 0.244 e. The SMILES string of the molecule is CCNC(=NCC(=O)N1CCCCC1)N1CC[C@@H](O)C1.I. The van der Waals surface area contributed by atoms with Gasteiger partial charge in [-0.15, -0.1) is 24.0 Å². The molecule has 0 spiro atoms. The fourth-order valence-corrected chi connectivity index (χ4v) is 2.75. The van der Waals surface area contributed by atoms with Crippen LogP contribution in [0.15, 0.2) is 4.99 Å². The van der Waals surface area contributed by atoms with E-state index in [0.717, 1.165) is 51.4 Å². The Hall–Kier alpha value is -0.570. The molecule has 2 rings (SSSR count). The minimum absolute atomic E-state index is 0. The highest BCUT2D eigenvalue weighted by Crippen LogP contribution is 2.10. The van der Waals surface area contributed by atoms with Gasteiger partial charge in [-0.2, -0.15) is 0 Å². The molecule has 0 aromatic carbocycles. The average Bonchev–Trinajstić information content (AvgIpc) is 2.90. The Kier molecular flexibility index (Phi) is 8.31. The van der Waals surface area contributed by atoms with Gasteiger partial charge < -0.3 is 20.2 Å². The van der Waals surface area contributed by atoms with Gasteiger partial charge in [-0.25, -0.2) is 4.99 Å². The summed E-state index contributed by atoms with van der Waals surface area (Å²) in [4.78, 5) is 20.5. The molecule has 2 fully saturated rings. The second-order valence-electron chi connectivity index (χ2n) is 5.50. The van der Waals surface area contributed by atoms with Gasteiger partial charge in [0.05, 0.1) is 6.10 Å². The largest absolute Gasteiger partial charge is 0.391 e. The van der Waals surface area contributed by atoms with Crippen LogP contribution in [0.1, 0.15) is 32.6 Å². The number of hydrogen-bond donors (Lipinski definition) is 2. The number of amides is 1. The number of β-amino-alcohol motifs (C(OH)–C–C–N with tert-alkyl or cyclic N) is 1. The molecule has 1 atom stereocenters. The van der Waals surface area contributed by atoms with Gasteiger partial charge in [0.25, 0.3) is 0 Å². The van der Waals surface area contributed by atoms with E-state index in [-0.39, 0.29) is 42.5 Å². The van der Waals surface area contributed by atoms with Gasteiger partial charge in [0.2, 0.25) is 5.91 Å². The molecule has 2 aliphatic rings. The molecule has 0 aliphatic carbocycles. The first-order valence-electron chi connectivity index (χ1n) is 7.69. The van der Waals surface area contributed by atoms with Crippen LogP contribution in [0.5, 0.6) is 0 Å². The second kappa shape index (κ2) is 9.45. The maximum atomic E-state index is 12.1. The van der Waals surface area contributed by atoms with E-state index in [0.29, 0.717) is 6.54 Å². The Bertz CT molecular complexity index is 359. The van der Waals surface area contributed by atoms with Crippen molar-refractivity contribution in [1.29, 1.82) is 0 Å². The van der Waals surface area contributed by atoms with Crippen LogP contribution < -0.4 is 5.32 Å². The molecule has 1 amide bonds. The van der Waals surface area contributed by atoms with Crippen LogP contribution in [-0.4, -0.2) is 72.1 Å². The van der Waals surface area contributed by atoms with E-state index in [2.05, 4.69) is 10.3 Å². The number of aliphatic hydroxyl groups excluding tert-OH is 1. The molecule has 2 heterocycles. The van der Waals surface area contributed by atoms with Crippen molar-refractivity contribution in [2.75, 3.05) is 39.3 Å². The van der Waals surface area contributed by atoms with Gasteiger partial charge >= 0.3 is 0 Å². The van der Waals surface area contributed by atoms with Crippen LogP contribution in [0.2, 0.25) is 0 Å². The highest BCUT2D eigenvalue weighted by atomic mass is 127. The van der Waals surface area contributed by atoms with E-state index in [4.69, 9.17) is 0 Å². The quantitative estimate of drug-likeness (QED) is 0.408. The van der Waals surface area contributed by atoms with E-state index in [1.807, 2.05) is 16.7 Å². The average molecular weight is 410 g/mol. The molecule has 21 heavy (non-hydrogen) atoms. The summed E-state index contributed by atoms with van der Waals surface area (Å²) in [5.41, 5.74) is 0. The summed E-state index contributed by atoms with van der Waals surface area (Å²) in [5, 5.41) is 12.8. The number of guanidine groups is 1. The van der Waals surface area contributed by atoms with Gasteiger partial charge in [0, 0.05) is 32.7 Å². The number of nitrogens with zero attached hydrogens (tertiary/aromatic N) is 3. The van der Waals surface area contributed by atoms with E-state index in [1.165, 1.54) is 6.42 Å². The van der Waals surface area contributed by atoms with Crippen LogP contribution in [0.25, 0.3) is 0 Å². The summed E-state index contributed by atoms with van der Waals surface area (Å²) in [7, 11) is 0. The lowest BCUT2D eigenvalue weighted by atomic mass is 10.1. The minimum atomic E-state index is -0.281. The first-order valence-corrected chi connectivity index (χ1v) is 7.69. The second-order valence-corrected chi connectivity index (χ2v) is 5.50. The molecular formula is C14H27IN4O2. The zero-order chi connectivity index (χ0) is 14.4. The van der Waals surface area contributed by atoms with E-state index in [9.17, 15) is 9.90 Å². The summed E-state index contributed by atoms with van der Waals surface area (Å²) >= 11 is 0. The summed E-state index contributed by atoms with van der Waals surface area (Å²) in [6.07, 6.45) is 3.92. The van der Waals surface area contributed by atoms with Crippen LogP contribution in [0.3, 0.4) is 0 Å². The van der Waals surface area contributed by atoms with Crippen molar-refractivity contribution in [3.63, 3.8) is 0 Å².